The molecule has 0 spiro atoms. The van der Waals surface area contributed by atoms with E-state index in [1.165, 1.54) is 18.4 Å². The third kappa shape index (κ3) is 2.49. The first kappa shape index (κ1) is 12.1. The van der Waals surface area contributed by atoms with Gasteiger partial charge in [0.25, 0.3) is 0 Å². The number of thiophene rings is 1. The van der Waals surface area contributed by atoms with E-state index in [4.69, 9.17) is 0 Å². The van der Waals surface area contributed by atoms with Crippen LogP contribution in [0.15, 0.2) is 16.8 Å². The van der Waals surface area contributed by atoms with Crippen molar-refractivity contribution in [3.05, 3.63) is 22.4 Å². The molecule has 1 N–H and O–H groups in total. The Morgan fingerprint density at radius 1 is 1.50 bits per heavy atom. The quantitative estimate of drug-likeness (QED) is 0.847. The van der Waals surface area contributed by atoms with Crippen molar-refractivity contribution in [1.29, 1.82) is 0 Å². The smallest absolute Gasteiger partial charge is 0.0678 e. The molecule has 1 saturated carbocycles. The molecule has 0 aromatic carbocycles. The molecule has 1 aliphatic carbocycles. The Kier molecular flexibility index (Phi) is 3.70. The highest BCUT2D eigenvalue weighted by molar-refractivity contribution is 7.07. The van der Waals surface area contributed by atoms with Crippen LogP contribution in [0.25, 0.3) is 0 Å². The normalized spacial score (nSPS) is 35.2. The van der Waals surface area contributed by atoms with Gasteiger partial charge in [-0.1, -0.05) is 26.7 Å². The number of aryl methyl sites for hydroxylation is 1. The second kappa shape index (κ2) is 4.89. The van der Waals surface area contributed by atoms with Crippen LogP contribution in [0.3, 0.4) is 0 Å². The molecule has 3 atom stereocenters. The zero-order valence-electron chi connectivity index (χ0n) is 10.3. The molecule has 1 fully saturated rings. The SMILES string of the molecule is CC1CCCC(O)(CCc2ccsc2)C1C. The maximum atomic E-state index is 10.7. The summed E-state index contributed by atoms with van der Waals surface area (Å²) in [5, 5.41) is 15.0. The van der Waals surface area contributed by atoms with Crippen molar-refractivity contribution < 1.29 is 5.11 Å². The Balaban J connectivity index is 1.96. The highest BCUT2D eigenvalue weighted by Gasteiger charge is 2.39. The molecular weight excluding hydrogens is 216 g/mol. The minimum atomic E-state index is -0.417. The summed E-state index contributed by atoms with van der Waals surface area (Å²) in [6.07, 6.45) is 5.41. The molecule has 90 valence electrons. The number of hydrogen-bond acceptors (Lipinski definition) is 2. The van der Waals surface area contributed by atoms with E-state index < -0.39 is 5.60 Å². The van der Waals surface area contributed by atoms with Gasteiger partial charge in [0, 0.05) is 0 Å². The van der Waals surface area contributed by atoms with E-state index in [-0.39, 0.29) is 0 Å². The van der Waals surface area contributed by atoms with E-state index in [0.29, 0.717) is 11.8 Å². The van der Waals surface area contributed by atoms with Crippen molar-refractivity contribution in [2.75, 3.05) is 0 Å². The van der Waals surface area contributed by atoms with Crippen molar-refractivity contribution >= 4 is 11.3 Å². The summed E-state index contributed by atoms with van der Waals surface area (Å²) in [6, 6.07) is 2.17. The second-order valence-electron chi connectivity index (χ2n) is 5.39. The molecule has 16 heavy (non-hydrogen) atoms. The van der Waals surface area contributed by atoms with Crippen LogP contribution in [0.2, 0.25) is 0 Å². The summed E-state index contributed by atoms with van der Waals surface area (Å²) in [5.74, 6) is 1.11. The third-order valence-electron chi connectivity index (χ3n) is 4.40. The number of hydrogen-bond donors (Lipinski definition) is 1. The fraction of sp³-hybridized carbons (Fsp3) is 0.714. The number of rotatable bonds is 3. The van der Waals surface area contributed by atoms with Crippen molar-refractivity contribution in [3.8, 4) is 0 Å². The van der Waals surface area contributed by atoms with Crippen molar-refractivity contribution in [1.82, 2.24) is 0 Å². The summed E-state index contributed by atoms with van der Waals surface area (Å²) < 4.78 is 0. The van der Waals surface area contributed by atoms with Gasteiger partial charge in [0.2, 0.25) is 0 Å². The van der Waals surface area contributed by atoms with Gasteiger partial charge in [0.15, 0.2) is 0 Å². The van der Waals surface area contributed by atoms with Gasteiger partial charge in [0.05, 0.1) is 5.60 Å². The van der Waals surface area contributed by atoms with E-state index in [1.807, 2.05) is 0 Å². The lowest BCUT2D eigenvalue weighted by Crippen LogP contribution is -2.43. The van der Waals surface area contributed by atoms with Crippen LogP contribution >= 0.6 is 11.3 Å². The molecule has 1 aromatic rings. The molecule has 2 rings (SSSR count). The lowest BCUT2D eigenvalue weighted by Gasteiger charge is -2.42. The van der Waals surface area contributed by atoms with Gasteiger partial charge < -0.3 is 5.11 Å². The van der Waals surface area contributed by atoms with E-state index in [2.05, 4.69) is 30.7 Å². The molecular formula is C14H22OS. The third-order valence-corrected chi connectivity index (χ3v) is 5.13. The Morgan fingerprint density at radius 3 is 3.00 bits per heavy atom. The van der Waals surface area contributed by atoms with Gasteiger partial charge in [-0.2, -0.15) is 11.3 Å². The first-order valence-electron chi connectivity index (χ1n) is 6.35. The highest BCUT2D eigenvalue weighted by atomic mass is 32.1. The van der Waals surface area contributed by atoms with Gasteiger partial charge >= 0.3 is 0 Å². The maximum absolute atomic E-state index is 10.7. The van der Waals surface area contributed by atoms with E-state index >= 15 is 0 Å². The fourth-order valence-corrected chi connectivity index (χ4v) is 3.59. The molecule has 0 bridgehead atoms. The highest BCUT2D eigenvalue weighted by Crippen LogP contribution is 2.40. The molecule has 1 nitrogen and oxygen atoms in total. The lowest BCUT2D eigenvalue weighted by atomic mass is 9.68. The molecule has 1 aromatic heterocycles. The lowest BCUT2D eigenvalue weighted by molar-refractivity contribution is -0.0684. The topological polar surface area (TPSA) is 20.2 Å². The van der Waals surface area contributed by atoms with Gasteiger partial charge in [-0.25, -0.2) is 0 Å². The van der Waals surface area contributed by atoms with Gasteiger partial charge in [-0.3, -0.25) is 0 Å². The average Bonchev–Trinajstić information content (AvgIpc) is 2.76. The predicted octanol–water partition coefficient (Wildman–Crippen LogP) is 3.87. The summed E-state index contributed by atoms with van der Waals surface area (Å²) in [5.41, 5.74) is 0.962. The van der Waals surface area contributed by atoms with Gasteiger partial charge in [-0.15, -0.1) is 0 Å². The van der Waals surface area contributed by atoms with E-state index in [9.17, 15) is 5.11 Å². The van der Waals surface area contributed by atoms with Crippen LogP contribution in [0.5, 0.6) is 0 Å². The van der Waals surface area contributed by atoms with Crippen molar-refractivity contribution in [2.45, 2.75) is 51.6 Å². The van der Waals surface area contributed by atoms with Crippen LogP contribution in [-0.4, -0.2) is 10.7 Å². The first-order valence-corrected chi connectivity index (χ1v) is 7.29. The molecule has 3 unspecified atom stereocenters. The van der Waals surface area contributed by atoms with Crippen molar-refractivity contribution in [3.63, 3.8) is 0 Å². The zero-order chi connectivity index (χ0) is 11.6. The standard InChI is InChI=1S/C14H22OS/c1-11-4-3-7-14(15,12(11)2)8-5-13-6-9-16-10-13/h6,9-12,15H,3-5,7-8H2,1-2H3. The number of aliphatic hydroxyl groups is 1. The maximum Gasteiger partial charge on any atom is 0.0678 e. The predicted molar refractivity (Wildman–Crippen MR) is 69.8 cm³/mol. The Bertz CT molecular complexity index is 319. The molecule has 0 aliphatic heterocycles. The molecule has 1 heterocycles. The summed E-state index contributed by atoms with van der Waals surface area (Å²) in [7, 11) is 0. The Labute approximate surface area is 103 Å². The van der Waals surface area contributed by atoms with E-state index in [0.717, 1.165) is 19.3 Å². The zero-order valence-corrected chi connectivity index (χ0v) is 11.1. The van der Waals surface area contributed by atoms with Crippen LogP contribution in [0.4, 0.5) is 0 Å². The minimum absolute atomic E-state index is 0.417. The van der Waals surface area contributed by atoms with E-state index in [1.54, 1.807) is 11.3 Å². The largest absolute Gasteiger partial charge is 0.390 e. The van der Waals surface area contributed by atoms with Crippen molar-refractivity contribution in [2.24, 2.45) is 11.8 Å². The molecule has 0 radical (unpaired) electrons. The van der Waals surface area contributed by atoms with Crippen LogP contribution in [0, 0.1) is 11.8 Å². The van der Waals surface area contributed by atoms with Crippen LogP contribution < -0.4 is 0 Å². The fourth-order valence-electron chi connectivity index (χ4n) is 2.89. The Hall–Kier alpha value is -0.340. The first-order chi connectivity index (χ1) is 7.62. The minimum Gasteiger partial charge on any atom is -0.390 e. The summed E-state index contributed by atoms with van der Waals surface area (Å²) in [4.78, 5) is 0. The monoisotopic (exact) mass is 238 g/mol. The molecule has 1 aliphatic rings. The average molecular weight is 238 g/mol. The Morgan fingerprint density at radius 2 is 2.31 bits per heavy atom. The van der Waals surface area contributed by atoms with Gasteiger partial charge in [0.1, 0.15) is 0 Å². The second-order valence-corrected chi connectivity index (χ2v) is 6.17. The van der Waals surface area contributed by atoms with Crippen LogP contribution in [0.1, 0.15) is 45.1 Å². The summed E-state index contributed by atoms with van der Waals surface area (Å²) in [6.45, 7) is 4.50. The molecule has 2 heteroatoms. The molecule has 0 saturated heterocycles. The van der Waals surface area contributed by atoms with Crippen LogP contribution in [-0.2, 0) is 6.42 Å². The van der Waals surface area contributed by atoms with Gasteiger partial charge in [-0.05, 0) is 53.5 Å². The summed E-state index contributed by atoms with van der Waals surface area (Å²) >= 11 is 1.74. The molecule has 0 amide bonds.